The highest BCUT2D eigenvalue weighted by molar-refractivity contribution is 9.10. The Morgan fingerprint density at radius 3 is 2.95 bits per heavy atom. The van der Waals surface area contributed by atoms with E-state index in [1.807, 2.05) is 11.3 Å². The molecule has 0 bridgehead atoms. The van der Waals surface area contributed by atoms with Gasteiger partial charge < -0.3 is 10.1 Å². The smallest absolute Gasteiger partial charge is 0.0858 e. The Bertz CT molecular complexity index is 410. The van der Waals surface area contributed by atoms with Crippen LogP contribution in [0.4, 0.5) is 0 Å². The highest BCUT2D eigenvalue weighted by Crippen LogP contribution is 2.25. The summed E-state index contributed by atoms with van der Waals surface area (Å²) in [4.78, 5) is 3.92. The van der Waals surface area contributed by atoms with Gasteiger partial charge in [-0.1, -0.05) is 6.92 Å². The largest absolute Gasteiger partial charge is 0.374 e. The molecule has 1 aromatic rings. The average Bonchev–Trinajstić information content (AvgIpc) is 2.84. The van der Waals surface area contributed by atoms with Crippen LogP contribution in [0.15, 0.2) is 15.9 Å². The summed E-state index contributed by atoms with van der Waals surface area (Å²) in [6, 6.07) is 3.11. The van der Waals surface area contributed by atoms with Crippen molar-refractivity contribution in [1.82, 2.24) is 10.2 Å². The Labute approximate surface area is 134 Å². The standard InChI is InChI=1S/C15H25BrN2OS/c1-4-17-13(9-15-12(16)5-8-20-15)14-10-18(11(2)3)6-7-19-14/h5,8,11,13-14,17H,4,6-7,9-10H2,1-3H3. The third-order valence-corrected chi connectivity index (χ3v) is 5.82. The zero-order valence-electron chi connectivity index (χ0n) is 12.6. The number of morpholine rings is 1. The molecule has 1 aromatic heterocycles. The van der Waals surface area contributed by atoms with E-state index in [1.165, 1.54) is 9.35 Å². The molecule has 0 saturated carbocycles. The summed E-state index contributed by atoms with van der Waals surface area (Å²) in [5.41, 5.74) is 0. The summed E-state index contributed by atoms with van der Waals surface area (Å²) in [7, 11) is 0. The van der Waals surface area contributed by atoms with Gasteiger partial charge in [0.25, 0.3) is 0 Å². The molecule has 2 atom stereocenters. The number of nitrogens with zero attached hydrogens (tertiary/aromatic N) is 1. The van der Waals surface area contributed by atoms with Crippen molar-refractivity contribution < 1.29 is 4.74 Å². The molecule has 2 unspecified atom stereocenters. The second-order valence-electron chi connectivity index (χ2n) is 5.56. The lowest BCUT2D eigenvalue weighted by atomic mass is 10.0. The van der Waals surface area contributed by atoms with Gasteiger partial charge in [-0.2, -0.15) is 0 Å². The van der Waals surface area contributed by atoms with Crippen LogP contribution in [0, 0.1) is 0 Å². The first-order chi connectivity index (χ1) is 9.61. The molecule has 114 valence electrons. The minimum atomic E-state index is 0.278. The molecule has 0 aliphatic carbocycles. The monoisotopic (exact) mass is 360 g/mol. The van der Waals surface area contributed by atoms with Gasteiger partial charge in [0.2, 0.25) is 0 Å². The van der Waals surface area contributed by atoms with E-state index in [1.54, 1.807) is 0 Å². The number of ether oxygens (including phenoxy) is 1. The molecule has 2 heterocycles. The predicted molar refractivity (Wildman–Crippen MR) is 89.6 cm³/mol. The molecule has 0 radical (unpaired) electrons. The minimum absolute atomic E-state index is 0.278. The molecule has 1 N–H and O–H groups in total. The van der Waals surface area contributed by atoms with Crippen LogP contribution in [0.5, 0.6) is 0 Å². The van der Waals surface area contributed by atoms with Crippen LogP contribution in [0.3, 0.4) is 0 Å². The van der Waals surface area contributed by atoms with Crippen LogP contribution in [0.25, 0.3) is 0 Å². The lowest BCUT2D eigenvalue weighted by Crippen LogP contribution is -2.54. The molecular formula is C15H25BrN2OS. The van der Waals surface area contributed by atoms with Crippen LogP contribution in [0.2, 0.25) is 0 Å². The zero-order chi connectivity index (χ0) is 14.5. The third-order valence-electron chi connectivity index (χ3n) is 3.87. The molecule has 3 nitrogen and oxygen atoms in total. The van der Waals surface area contributed by atoms with Crippen molar-refractivity contribution in [2.24, 2.45) is 0 Å². The summed E-state index contributed by atoms with van der Waals surface area (Å²) >= 11 is 5.46. The summed E-state index contributed by atoms with van der Waals surface area (Å²) in [6.07, 6.45) is 1.31. The van der Waals surface area contributed by atoms with E-state index in [0.717, 1.165) is 32.7 Å². The number of likely N-dealkylation sites (N-methyl/N-ethyl adjacent to an activating group) is 1. The van der Waals surface area contributed by atoms with E-state index < -0.39 is 0 Å². The molecule has 1 saturated heterocycles. The Morgan fingerprint density at radius 2 is 2.35 bits per heavy atom. The quantitative estimate of drug-likeness (QED) is 0.843. The lowest BCUT2D eigenvalue weighted by molar-refractivity contribution is -0.0549. The Morgan fingerprint density at radius 1 is 1.55 bits per heavy atom. The van der Waals surface area contributed by atoms with Crippen molar-refractivity contribution in [3.63, 3.8) is 0 Å². The predicted octanol–water partition coefficient (Wildman–Crippen LogP) is 3.14. The van der Waals surface area contributed by atoms with Gasteiger partial charge in [-0.05, 0) is 47.8 Å². The maximum atomic E-state index is 6.05. The number of hydrogen-bond acceptors (Lipinski definition) is 4. The Balaban J connectivity index is 2.02. The molecule has 0 aromatic carbocycles. The highest BCUT2D eigenvalue weighted by Gasteiger charge is 2.29. The van der Waals surface area contributed by atoms with Crippen molar-refractivity contribution in [3.8, 4) is 0 Å². The minimum Gasteiger partial charge on any atom is -0.374 e. The van der Waals surface area contributed by atoms with Gasteiger partial charge >= 0.3 is 0 Å². The van der Waals surface area contributed by atoms with Gasteiger partial charge in [-0.25, -0.2) is 0 Å². The first-order valence-electron chi connectivity index (χ1n) is 7.42. The maximum absolute atomic E-state index is 6.05. The summed E-state index contributed by atoms with van der Waals surface area (Å²) in [6.45, 7) is 10.6. The van der Waals surface area contributed by atoms with Crippen LogP contribution in [-0.2, 0) is 11.2 Å². The van der Waals surface area contributed by atoms with E-state index in [2.05, 4.69) is 58.4 Å². The van der Waals surface area contributed by atoms with Gasteiger partial charge in [0.05, 0.1) is 12.7 Å². The maximum Gasteiger partial charge on any atom is 0.0858 e. The van der Waals surface area contributed by atoms with Crippen molar-refractivity contribution in [1.29, 1.82) is 0 Å². The third kappa shape index (κ3) is 4.28. The fraction of sp³-hybridized carbons (Fsp3) is 0.733. The van der Waals surface area contributed by atoms with E-state index in [0.29, 0.717) is 12.1 Å². The Kier molecular flexibility index (Phi) is 6.49. The van der Waals surface area contributed by atoms with Gasteiger partial charge in [-0.15, -0.1) is 11.3 Å². The van der Waals surface area contributed by atoms with E-state index in [-0.39, 0.29) is 6.10 Å². The lowest BCUT2D eigenvalue weighted by Gasteiger charge is -2.39. The fourth-order valence-corrected chi connectivity index (χ4v) is 4.25. The second kappa shape index (κ2) is 7.90. The second-order valence-corrected chi connectivity index (χ2v) is 7.41. The topological polar surface area (TPSA) is 24.5 Å². The van der Waals surface area contributed by atoms with Gasteiger partial charge in [0, 0.05) is 40.9 Å². The molecule has 0 amide bonds. The highest BCUT2D eigenvalue weighted by atomic mass is 79.9. The number of halogens is 1. The van der Waals surface area contributed by atoms with E-state index in [4.69, 9.17) is 4.74 Å². The molecule has 2 rings (SSSR count). The van der Waals surface area contributed by atoms with Crippen molar-refractivity contribution in [3.05, 3.63) is 20.8 Å². The number of hydrogen-bond donors (Lipinski definition) is 1. The first kappa shape index (κ1) is 16.4. The summed E-state index contributed by atoms with van der Waals surface area (Å²) in [5, 5.41) is 5.75. The van der Waals surface area contributed by atoms with Gasteiger partial charge in [0.1, 0.15) is 0 Å². The first-order valence-corrected chi connectivity index (χ1v) is 9.10. The molecule has 1 aliphatic rings. The molecule has 5 heteroatoms. The van der Waals surface area contributed by atoms with Gasteiger partial charge in [-0.3, -0.25) is 4.90 Å². The molecule has 0 spiro atoms. The van der Waals surface area contributed by atoms with E-state index in [9.17, 15) is 0 Å². The SMILES string of the molecule is CCNC(Cc1sccc1Br)C1CN(C(C)C)CCO1. The van der Waals surface area contributed by atoms with Crippen LogP contribution in [-0.4, -0.2) is 49.3 Å². The van der Waals surface area contributed by atoms with Crippen molar-refractivity contribution in [2.45, 2.75) is 45.4 Å². The summed E-state index contributed by atoms with van der Waals surface area (Å²) < 4.78 is 7.27. The molecule has 1 fully saturated rings. The average molecular weight is 361 g/mol. The zero-order valence-corrected chi connectivity index (χ0v) is 15.0. The number of thiophene rings is 1. The van der Waals surface area contributed by atoms with Crippen molar-refractivity contribution in [2.75, 3.05) is 26.2 Å². The number of rotatable bonds is 6. The summed E-state index contributed by atoms with van der Waals surface area (Å²) in [5.74, 6) is 0. The Hall–Kier alpha value is 0.0600. The molecule has 1 aliphatic heterocycles. The van der Waals surface area contributed by atoms with Gasteiger partial charge in [0.15, 0.2) is 0 Å². The fourth-order valence-electron chi connectivity index (χ4n) is 2.68. The number of nitrogens with one attached hydrogen (secondary N) is 1. The van der Waals surface area contributed by atoms with Crippen LogP contribution in [0.1, 0.15) is 25.6 Å². The van der Waals surface area contributed by atoms with Crippen LogP contribution < -0.4 is 5.32 Å². The van der Waals surface area contributed by atoms with E-state index >= 15 is 0 Å². The van der Waals surface area contributed by atoms with Crippen LogP contribution >= 0.6 is 27.3 Å². The molecular weight excluding hydrogens is 336 g/mol. The van der Waals surface area contributed by atoms with Crippen molar-refractivity contribution >= 4 is 27.3 Å². The molecule has 20 heavy (non-hydrogen) atoms. The normalized spacial score (nSPS) is 22.4.